The minimum atomic E-state index is -0.997. The van der Waals surface area contributed by atoms with Crippen molar-refractivity contribution in [2.75, 3.05) is 13.2 Å². The third kappa shape index (κ3) is 4.56. The molecule has 1 saturated heterocycles. The number of carboxylic acid groups (broad SMARTS) is 1. The van der Waals surface area contributed by atoms with Crippen molar-refractivity contribution in [1.29, 1.82) is 0 Å². The molecule has 1 aliphatic rings. The monoisotopic (exact) mass is 241 g/mol. The molecule has 0 spiro atoms. The van der Waals surface area contributed by atoms with E-state index in [9.17, 15) is 9.59 Å². The number of aliphatic carboxylic acids is 1. The Balaban J connectivity index is 2.47. The first-order chi connectivity index (χ1) is 8.15. The average molecular weight is 241 g/mol. The highest BCUT2D eigenvalue weighted by Crippen LogP contribution is 2.15. The molecule has 0 aromatic heterocycles. The highest BCUT2D eigenvalue weighted by Gasteiger charge is 2.25. The lowest BCUT2D eigenvalue weighted by molar-refractivity contribution is -0.142. The summed E-state index contributed by atoms with van der Waals surface area (Å²) < 4.78 is 5.16. The van der Waals surface area contributed by atoms with Crippen LogP contribution in [0.2, 0.25) is 0 Å². The molecule has 1 aliphatic heterocycles. The Morgan fingerprint density at radius 1 is 1.47 bits per heavy atom. The van der Waals surface area contributed by atoms with Gasteiger partial charge in [-0.3, -0.25) is 4.79 Å². The molecular formula is C12H19NO4. The minimum absolute atomic E-state index is 0.115. The van der Waals surface area contributed by atoms with Crippen LogP contribution in [0.25, 0.3) is 0 Å². The second kappa shape index (κ2) is 7.06. The summed E-state index contributed by atoms with van der Waals surface area (Å²) in [4.78, 5) is 22.8. The van der Waals surface area contributed by atoms with Gasteiger partial charge in [0, 0.05) is 19.1 Å². The van der Waals surface area contributed by atoms with Crippen LogP contribution in [0.15, 0.2) is 12.2 Å². The minimum Gasteiger partial charge on any atom is -0.480 e. The van der Waals surface area contributed by atoms with Crippen molar-refractivity contribution in [2.45, 2.75) is 32.2 Å². The van der Waals surface area contributed by atoms with Crippen LogP contribution in [0, 0.1) is 5.92 Å². The van der Waals surface area contributed by atoms with Gasteiger partial charge in [0.25, 0.3) is 0 Å². The topological polar surface area (TPSA) is 75.6 Å². The van der Waals surface area contributed by atoms with Gasteiger partial charge in [-0.05, 0) is 26.2 Å². The van der Waals surface area contributed by atoms with Gasteiger partial charge in [0.2, 0.25) is 5.91 Å². The third-order valence-electron chi connectivity index (χ3n) is 2.81. The molecule has 96 valence electrons. The first-order valence-electron chi connectivity index (χ1n) is 5.87. The number of ether oxygens (including phenoxy) is 1. The molecule has 0 aromatic rings. The van der Waals surface area contributed by atoms with Crippen LogP contribution < -0.4 is 5.32 Å². The van der Waals surface area contributed by atoms with Crippen LogP contribution in [-0.4, -0.2) is 36.2 Å². The molecule has 1 amide bonds. The van der Waals surface area contributed by atoms with E-state index >= 15 is 0 Å². The maximum absolute atomic E-state index is 11.8. The molecule has 1 rings (SSSR count). The van der Waals surface area contributed by atoms with Crippen LogP contribution in [0.4, 0.5) is 0 Å². The lowest BCUT2D eigenvalue weighted by atomic mass is 9.99. The zero-order valence-electron chi connectivity index (χ0n) is 10.0. The zero-order valence-corrected chi connectivity index (χ0v) is 10.0. The Kier molecular flexibility index (Phi) is 5.69. The highest BCUT2D eigenvalue weighted by molar-refractivity contribution is 5.85. The third-order valence-corrected chi connectivity index (χ3v) is 2.81. The summed E-state index contributed by atoms with van der Waals surface area (Å²) in [5.41, 5.74) is 0. The lowest BCUT2D eigenvalue weighted by Crippen LogP contribution is -2.44. The second-order valence-corrected chi connectivity index (χ2v) is 4.09. The summed E-state index contributed by atoms with van der Waals surface area (Å²) in [5, 5.41) is 11.5. The molecule has 0 saturated carbocycles. The van der Waals surface area contributed by atoms with Gasteiger partial charge in [-0.15, -0.1) is 0 Å². The summed E-state index contributed by atoms with van der Waals surface area (Å²) in [6.45, 7) is 2.97. The predicted octanol–water partition coefficient (Wildman–Crippen LogP) is 0.949. The lowest BCUT2D eigenvalue weighted by Gasteiger charge is -2.23. The summed E-state index contributed by atoms with van der Waals surface area (Å²) in [7, 11) is 0. The Hall–Kier alpha value is -1.36. The van der Waals surface area contributed by atoms with Crippen molar-refractivity contribution in [3.8, 4) is 0 Å². The second-order valence-electron chi connectivity index (χ2n) is 4.09. The van der Waals surface area contributed by atoms with Crippen LogP contribution in [-0.2, 0) is 14.3 Å². The molecule has 1 fully saturated rings. The van der Waals surface area contributed by atoms with Crippen molar-refractivity contribution in [1.82, 2.24) is 5.32 Å². The van der Waals surface area contributed by atoms with Gasteiger partial charge in [0.05, 0.1) is 0 Å². The molecule has 1 unspecified atom stereocenters. The van der Waals surface area contributed by atoms with E-state index in [0.717, 1.165) is 0 Å². The molecule has 5 heteroatoms. The number of hydrogen-bond acceptors (Lipinski definition) is 3. The Bertz CT molecular complexity index is 295. The fraction of sp³-hybridized carbons (Fsp3) is 0.667. The van der Waals surface area contributed by atoms with E-state index in [-0.39, 0.29) is 11.8 Å². The Labute approximate surface area is 101 Å². The van der Waals surface area contributed by atoms with Crippen molar-refractivity contribution in [2.24, 2.45) is 5.92 Å². The van der Waals surface area contributed by atoms with E-state index in [1.165, 1.54) is 0 Å². The molecule has 0 bridgehead atoms. The van der Waals surface area contributed by atoms with E-state index < -0.39 is 12.0 Å². The molecular weight excluding hydrogens is 222 g/mol. The maximum atomic E-state index is 11.8. The fourth-order valence-electron chi connectivity index (χ4n) is 1.74. The van der Waals surface area contributed by atoms with Crippen LogP contribution in [0.5, 0.6) is 0 Å². The van der Waals surface area contributed by atoms with Gasteiger partial charge in [-0.1, -0.05) is 12.2 Å². The SMILES string of the molecule is C/C=C/CC(NC(=O)C1CCOCC1)C(=O)O. The smallest absolute Gasteiger partial charge is 0.326 e. The maximum Gasteiger partial charge on any atom is 0.326 e. The normalized spacial score (nSPS) is 19.1. The molecule has 0 aromatic carbocycles. The number of carboxylic acids is 1. The van der Waals surface area contributed by atoms with E-state index in [4.69, 9.17) is 9.84 Å². The summed E-state index contributed by atoms with van der Waals surface area (Å²) in [5.74, 6) is -1.29. The first kappa shape index (κ1) is 13.7. The number of amides is 1. The molecule has 5 nitrogen and oxygen atoms in total. The fourth-order valence-corrected chi connectivity index (χ4v) is 1.74. The van der Waals surface area contributed by atoms with Gasteiger partial charge < -0.3 is 15.2 Å². The molecule has 17 heavy (non-hydrogen) atoms. The average Bonchev–Trinajstić information content (AvgIpc) is 2.35. The van der Waals surface area contributed by atoms with Crippen molar-refractivity contribution in [3.63, 3.8) is 0 Å². The van der Waals surface area contributed by atoms with Crippen LogP contribution >= 0.6 is 0 Å². The van der Waals surface area contributed by atoms with Gasteiger partial charge in [-0.2, -0.15) is 0 Å². The van der Waals surface area contributed by atoms with Gasteiger partial charge in [0.1, 0.15) is 6.04 Å². The number of rotatable bonds is 5. The molecule has 0 aliphatic carbocycles. The number of nitrogens with one attached hydrogen (secondary N) is 1. The van der Waals surface area contributed by atoms with E-state index in [1.54, 1.807) is 12.2 Å². The van der Waals surface area contributed by atoms with E-state index in [2.05, 4.69) is 5.32 Å². The number of carbonyl (C=O) groups excluding carboxylic acids is 1. The quantitative estimate of drug-likeness (QED) is 0.703. The van der Waals surface area contributed by atoms with Crippen molar-refractivity contribution in [3.05, 3.63) is 12.2 Å². The summed E-state index contributed by atoms with van der Waals surface area (Å²) >= 11 is 0. The first-order valence-corrected chi connectivity index (χ1v) is 5.87. The zero-order chi connectivity index (χ0) is 12.7. The standard InChI is InChI=1S/C12H19NO4/c1-2-3-4-10(12(15)16)13-11(14)9-5-7-17-8-6-9/h2-3,9-10H,4-8H2,1H3,(H,13,14)(H,15,16)/b3-2+. The highest BCUT2D eigenvalue weighted by atomic mass is 16.5. The molecule has 1 atom stereocenters. The molecule has 1 heterocycles. The number of hydrogen-bond donors (Lipinski definition) is 2. The van der Waals surface area contributed by atoms with Crippen molar-refractivity contribution >= 4 is 11.9 Å². The van der Waals surface area contributed by atoms with Gasteiger partial charge in [-0.25, -0.2) is 4.79 Å². The van der Waals surface area contributed by atoms with Gasteiger partial charge in [0.15, 0.2) is 0 Å². The summed E-state index contributed by atoms with van der Waals surface area (Å²) in [6, 6.07) is -0.832. The number of allylic oxidation sites excluding steroid dienone is 1. The van der Waals surface area contributed by atoms with E-state index in [1.807, 2.05) is 6.92 Å². The van der Waals surface area contributed by atoms with Crippen molar-refractivity contribution < 1.29 is 19.4 Å². The molecule has 0 radical (unpaired) electrons. The Morgan fingerprint density at radius 2 is 2.12 bits per heavy atom. The number of carbonyl (C=O) groups is 2. The largest absolute Gasteiger partial charge is 0.480 e. The Morgan fingerprint density at radius 3 is 2.65 bits per heavy atom. The predicted molar refractivity (Wildman–Crippen MR) is 62.5 cm³/mol. The van der Waals surface area contributed by atoms with Crippen LogP contribution in [0.3, 0.4) is 0 Å². The van der Waals surface area contributed by atoms with E-state index in [0.29, 0.717) is 32.5 Å². The summed E-state index contributed by atoms with van der Waals surface area (Å²) in [6.07, 6.45) is 5.17. The van der Waals surface area contributed by atoms with Crippen LogP contribution in [0.1, 0.15) is 26.2 Å². The molecule has 2 N–H and O–H groups in total. The van der Waals surface area contributed by atoms with Gasteiger partial charge >= 0.3 is 5.97 Å².